The van der Waals surface area contributed by atoms with Gasteiger partial charge >= 0.3 is 0 Å². The molecule has 0 spiro atoms. The quantitative estimate of drug-likeness (QED) is 0.795. The minimum atomic E-state index is 0.277. The number of nitrogens with zero attached hydrogens (tertiary/aromatic N) is 2. The number of pyridine rings is 1. The first kappa shape index (κ1) is 9.66. The summed E-state index contributed by atoms with van der Waals surface area (Å²) in [6, 6.07) is 3.57. The van der Waals surface area contributed by atoms with E-state index in [4.69, 9.17) is 4.74 Å². The lowest BCUT2D eigenvalue weighted by Gasteiger charge is -2.20. The number of aromatic hydroxyl groups is 1. The molecule has 0 unspecified atom stereocenters. The van der Waals surface area contributed by atoms with Gasteiger partial charge in [-0.05, 0) is 25.0 Å². The van der Waals surface area contributed by atoms with E-state index in [2.05, 4.69) is 4.98 Å². The Bertz CT molecular complexity index is 501. The second-order valence-electron chi connectivity index (χ2n) is 4.19. The van der Waals surface area contributed by atoms with Crippen LogP contribution in [0.3, 0.4) is 0 Å². The molecule has 4 heteroatoms. The van der Waals surface area contributed by atoms with E-state index in [1.807, 2.05) is 16.7 Å². The van der Waals surface area contributed by atoms with Crippen molar-refractivity contribution in [2.75, 3.05) is 13.2 Å². The summed E-state index contributed by atoms with van der Waals surface area (Å²) in [6.07, 6.45) is 5.60. The lowest BCUT2D eigenvalue weighted by molar-refractivity contribution is 0.0835. The predicted octanol–water partition coefficient (Wildman–Crippen LogP) is 1.93. The third-order valence-electron chi connectivity index (χ3n) is 3.13. The highest BCUT2D eigenvalue weighted by Gasteiger charge is 2.20. The van der Waals surface area contributed by atoms with Gasteiger partial charge in [0, 0.05) is 19.1 Å². The van der Waals surface area contributed by atoms with E-state index in [1.54, 1.807) is 12.3 Å². The van der Waals surface area contributed by atoms with Gasteiger partial charge in [0.15, 0.2) is 0 Å². The van der Waals surface area contributed by atoms with Gasteiger partial charge in [0.1, 0.15) is 11.6 Å². The molecule has 0 radical (unpaired) electrons. The van der Waals surface area contributed by atoms with Crippen molar-refractivity contribution in [3.05, 3.63) is 30.4 Å². The fraction of sp³-hybridized carbons (Fsp3) is 0.417. The zero-order valence-corrected chi connectivity index (χ0v) is 8.97. The standard InChI is InChI=1S/C12H14N2O2/c15-11-2-1-10-7-13-12(14(10)8-11)9-3-5-16-6-4-9/h1-2,7-9,15H,3-6H2. The zero-order chi connectivity index (χ0) is 11.0. The first-order valence-corrected chi connectivity index (χ1v) is 5.58. The van der Waals surface area contributed by atoms with E-state index >= 15 is 0 Å². The Kier molecular flexibility index (Phi) is 2.29. The number of imidazole rings is 1. The van der Waals surface area contributed by atoms with Crippen LogP contribution in [0.25, 0.3) is 5.52 Å². The Hall–Kier alpha value is -1.55. The summed E-state index contributed by atoms with van der Waals surface area (Å²) in [7, 11) is 0. The van der Waals surface area contributed by atoms with Crippen LogP contribution in [0.1, 0.15) is 24.6 Å². The molecule has 84 valence electrons. The van der Waals surface area contributed by atoms with Gasteiger partial charge in [-0.2, -0.15) is 0 Å². The lowest BCUT2D eigenvalue weighted by Crippen LogP contribution is -2.16. The van der Waals surface area contributed by atoms with Crippen LogP contribution in [0.15, 0.2) is 24.5 Å². The molecular formula is C12H14N2O2. The molecule has 0 aromatic carbocycles. The van der Waals surface area contributed by atoms with Gasteiger partial charge in [0.2, 0.25) is 0 Å². The van der Waals surface area contributed by atoms with Gasteiger partial charge in [0.05, 0.1) is 17.9 Å². The molecule has 1 fully saturated rings. The van der Waals surface area contributed by atoms with E-state index in [-0.39, 0.29) is 5.75 Å². The monoisotopic (exact) mass is 218 g/mol. The molecule has 1 saturated heterocycles. The molecule has 0 saturated carbocycles. The van der Waals surface area contributed by atoms with Crippen LogP contribution >= 0.6 is 0 Å². The second kappa shape index (κ2) is 3.79. The van der Waals surface area contributed by atoms with Crippen molar-refractivity contribution in [1.82, 2.24) is 9.38 Å². The predicted molar refractivity (Wildman–Crippen MR) is 59.7 cm³/mol. The normalized spacial score (nSPS) is 18.0. The Balaban J connectivity index is 2.05. The van der Waals surface area contributed by atoms with Crippen molar-refractivity contribution in [2.24, 2.45) is 0 Å². The molecule has 2 aromatic heterocycles. The number of hydrogen-bond donors (Lipinski definition) is 1. The average molecular weight is 218 g/mol. The maximum atomic E-state index is 9.50. The molecule has 1 aliphatic heterocycles. The summed E-state index contributed by atoms with van der Waals surface area (Å²) in [6.45, 7) is 1.61. The summed E-state index contributed by atoms with van der Waals surface area (Å²) in [5.41, 5.74) is 1.03. The number of hydrogen-bond acceptors (Lipinski definition) is 3. The highest BCUT2D eigenvalue weighted by atomic mass is 16.5. The topological polar surface area (TPSA) is 46.8 Å². The van der Waals surface area contributed by atoms with E-state index in [1.165, 1.54) is 0 Å². The highest BCUT2D eigenvalue weighted by Crippen LogP contribution is 2.27. The van der Waals surface area contributed by atoms with Crippen LogP contribution in [0.2, 0.25) is 0 Å². The molecule has 0 bridgehead atoms. The fourth-order valence-electron chi connectivity index (χ4n) is 2.26. The lowest BCUT2D eigenvalue weighted by atomic mass is 10.00. The van der Waals surface area contributed by atoms with Crippen LogP contribution < -0.4 is 0 Å². The summed E-state index contributed by atoms with van der Waals surface area (Å²) in [4.78, 5) is 4.46. The van der Waals surface area contributed by atoms with E-state index in [0.29, 0.717) is 5.92 Å². The van der Waals surface area contributed by atoms with Gasteiger partial charge in [-0.15, -0.1) is 0 Å². The Morgan fingerprint density at radius 1 is 1.31 bits per heavy atom. The SMILES string of the molecule is Oc1ccc2cnc(C3CCOCC3)n2c1. The van der Waals surface area contributed by atoms with E-state index < -0.39 is 0 Å². The minimum absolute atomic E-state index is 0.277. The number of ether oxygens (including phenoxy) is 1. The van der Waals surface area contributed by atoms with Crippen molar-refractivity contribution < 1.29 is 9.84 Å². The van der Waals surface area contributed by atoms with Gasteiger partial charge in [-0.25, -0.2) is 4.98 Å². The molecule has 0 amide bonds. The number of aromatic nitrogens is 2. The third-order valence-corrected chi connectivity index (χ3v) is 3.13. The Morgan fingerprint density at radius 3 is 2.94 bits per heavy atom. The summed E-state index contributed by atoms with van der Waals surface area (Å²) >= 11 is 0. The van der Waals surface area contributed by atoms with Crippen molar-refractivity contribution in [3.63, 3.8) is 0 Å². The molecular weight excluding hydrogens is 204 g/mol. The molecule has 1 N–H and O–H groups in total. The van der Waals surface area contributed by atoms with Crippen LogP contribution in [-0.2, 0) is 4.74 Å². The first-order chi connectivity index (χ1) is 7.84. The fourth-order valence-corrected chi connectivity index (χ4v) is 2.26. The van der Waals surface area contributed by atoms with Crippen molar-refractivity contribution in [2.45, 2.75) is 18.8 Å². The maximum absolute atomic E-state index is 9.50. The minimum Gasteiger partial charge on any atom is -0.506 e. The highest BCUT2D eigenvalue weighted by molar-refractivity contribution is 5.48. The molecule has 0 atom stereocenters. The summed E-state index contributed by atoms with van der Waals surface area (Å²) < 4.78 is 7.32. The zero-order valence-electron chi connectivity index (χ0n) is 8.97. The van der Waals surface area contributed by atoms with Crippen molar-refractivity contribution in [1.29, 1.82) is 0 Å². The summed E-state index contributed by atoms with van der Waals surface area (Å²) in [5, 5.41) is 9.50. The Morgan fingerprint density at radius 2 is 2.12 bits per heavy atom. The van der Waals surface area contributed by atoms with Gasteiger partial charge in [-0.3, -0.25) is 4.40 Å². The molecule has 3 heterocycles. The summed E-state index contributed by atoms with van der Waals surface area (Å²) in [5.74, 6) is 1.76. The maximum Gasteiger partial charge on any atom is 0.132 e. The van der Waals surface area contributed by atoms with Crippen LogP contribution in [0.4, 0.5) is 0 Å². The van der Waals surface area contributed by atoms with Crippen LogP contribution in [0, 0.1) is 0 Å². The molecule has 2 aromatic rings. The van der Waals surface area contributed by atoms with Gasteiger partial charge in [0.25, 0.3) is 0 Å². The van der Waals surface area contributed by atoms with E-state index in [9.17, 15) is 5.11 Å². The van der Waals surface area contributed by atoms with Crippen LogP contribution in [-0.4, -0.2) is 27.7 Å². The molecule has 0 aliphatic carbocycles. The molecule has 4 nitrogen and oxygen atoms in total. The first-order valence-electron chi connectivity index (χ1n) is 5.58. The molecule has 1 aliphatic rings. The Labute approximate surface area is 93.5 Å². The van der Waals surface area contributed by atoms with Gasteiger partial charge in [-0.1, -0.05) is 0 Å². The van der Waals surface area contributed by atoms with Gasteiger partial charge < -0.3 is 9.84 Å². The van der Waals surface area contributed by atoms with E-state index in [0.717, 1.165) is 37.4 Å². The van der Waals surface area contributed by atoms with Crippen molar-refractivity contribution >= 4 is 5.52 Å². The van der Waals surface area contributed by atoms with Crippen molar-refractivity contribution in [3.8, 4) is 5.75 Å². The smallest absolute Gasteiger partial charge is 0.132 e. The number of fused-ring (bicyclic) bond motifs is 1. The second-order valence-corrected chi connectivity index (χ2v) is 4.19. The molecule has 3 rings (SSSR count). The van der Waals surface area contributed by atoms with Crippen LogP contribution in [0.5, 0.6) is 5.75 Å². The average Bonchev–Trinajstić information content (AvgIpc) is 2.73. The largest absolute Gasteiger partial charge is 0.506 e. The number of rotatable bonds is 1. The molecule has 16 heavy (non-hydrogen) atoms. The third kappa shape index (κ3) is 1.55.